The lowest BCUT2D eigenvalue weighted by molar-refractivity contribution is -0.126. The van der Waals surface area contributed by atoms with Crippen molar-refractivity contribution in [3.05, 3.63) is 126 Å². The number of fused-ring (bicyclic) bond motifs is 4. The molecule has 4 aliphatic heterocycles. The van der Waals surface area contributed by atoms with E-state index in [1.807, 2.05) is 0 Å². The first-order valence-electron chi connectivity index (χ1n) is 21.3. The number of primary amides is 1. The molecular weight excluding hydrogens is 919 g/mol. The van der Waals surface area contributed by atoms with E-state index in [4.69, 9.17) is 28.8 Å². The van der Waals surface area contributed by atoms with Crippen molar-refractivity contribution < 1.29 is 61.4 Å². The summed E-state index contributed by atoms with van der Waals surface area (Å²) in [6, 6.07) is 11.5. The predicted molar refractivity (Wildman–Crippen MR) is 240 cm³/mol. The first-order chi connectivity index (χ1) is 33.3. The number of urea groups is 2. The molecule has 8 heterocycles. The number of amides is 9. The predicted octanol–water partition coefficient (Wildman–Crippen LogP) is 1.53. The number of benzene rings is 2. The van der Waals surface area contributed by atoms with Crippen molar-refractivity contribution in [1.29, 1.82) is 0 Å². The maximum Gasteiger partial charge on any atom is 0.347 e. The fourth-order valence-electron chi connectivity index (χ4n) is 9.02. The first-order valence-corrected chi connectivity index (χ1v) is 21.3. The van der Waals surface area contributed by atoms with Crippen LogP contribution in [0.15, 0.2) is 67.0 Å². The van der Waals surface area contributed by atoms with E-state index >= 15 is 0 Å². The number of hydrogen-bond donors (Lipinski definition) is 7. The third-order valence-corrected chi connectivity index (χ3v) is 12.5. The van der Waals surface area contributed by atoms with Crippen LogP contribution in [0.3, 0.4) is 0 Å². The summed E-state index contributed by atoms with van der Waals surface area (Å²) in [5.74, 6) is -3.20. The van der Waals surface area contributed by atoms with Gasteiger partial charge >= 0.3 is 18.0 Å². The van der Waals surface area contributed by atoms with Gasteiger partial charge in [-0.25, -0.2) is 14.4 Å². The summed E-state index contributed by atoms with van der Waals surface area (Å²) in [4.78, 5) is 134. The van der Waals surface area contributed by atoms with Crippen molar-refractivity contribution in [3.63, 3.8) is 0 Å². The summed E-state index contributed by atoms with van der Waals surface area (Å²) in [5, 5.41) is 10.2. The zero-order valence-corrected chi connectivity index (χ0v) is 37.7. The molecule has 0 radical (unpaired) electrons. The summed E-state index contributed by atoms with van der Waals surface area (Å²) < 4.78 is 27.2. The highest BCUT2D eigenvalue weighted by molar-refractivity contribution is 6.11. The number of carbonyl (C=O) groups is 8. The van der Waals surface area contributed by atoms with E-state index in [0.29, 0.717) is 44.8 Å². The Bertz CT molecular complexity index is 3460. The summed E-state index contributed by atoms with van der Waals surface area (Å²) in [6.45, 7) is 4.67. The van der Waals surface area contributed by atoms with Gasteiger partial charge in [0.25, 0.3) is 40.7 Å². The Morgan fingerprint density at radius 3 is 1.47 bits per heavy atom. The summed E-state index contributed by atoms with van der Waals surface area (Å²) in [7, 11) is 2.98. The van der Waals surface area contributed by atoms with Crippen LogP contribution < -0.4 is 47.6 Å². The third-order valence-electron chi connectivity index (χ3n) is 12.5. The van der Waals surface area contributed by atoms with Gasteiger partial charge in [0, 0.05) is 46.4 Å². The van der Waals surface area contributed by atoms with Gasteiger partial charge in [0.05, 0.1) is 33.9 Å². The second-order valence-corrected chi connectivity index (χ2v) is 16.7. The lowest BCUT2D eigenvalue weighted by Gasteiger charge is -2.29. The number of nitrogens with zero attached hydrogens (tertiary/aromatic N) is 2. The normalized spacial score (nSPS) is 19.1. The Kier molecular flexibility index (Phi) is 11.0. The molecule has 0 bridgehead atoms. The smallest absolute Gasteiger partial charge is 0.347 e. The Morgan fingerprint density at radius 1 is 0.657 bits per heavy atom. The molecule has 0 unspecified atom stereocenters. The molecule has 2 saturated heterocycles. The van der Waals surface area contributed by atoms with Gasteiger partial charge in [-0.1, -0.05) is 12.1 Å². The molecule has 10 rings (SSSR count). The average molecular weight is 960 g/mol. The van der Waals surface area contributed by atoms with Crippen molar-refractivity contribution in [2.24, 2.45) is 5.73 Å². The Balaban J connectivity index is 0.000000174. The van der Waals surface area contributed by atoms with Crippen LogP contribution in [-0.4, -0.2) is 101 Å². The van der Waals surface area contributed by atoms with Crippen molar-refractivity contribution in [2.75, 3.05) is 33.9 Å². The van der Waals surface area contributed by atoms with Gasteiger partial charge in [0.1, 0.15) is 28.6 Å². The van der Waals surface area contributed by atoms with Crippen molar-refractivity contribution in [1.82, 2.24) is 41.0 Å². The van der Waals surface area contributed by atoms with E-state index in [2.05, 4.69) is 31.2 Å². The van der Waals surface area contributed by atoms with Crippen molar-refractivity contribution >= 4 is 69.5 Å². The van der Waals surface area contributed by atoms with Crippen LogP contribution in [-0.2, 0) is 38.5 Å². The van der Waals surface area contributed by atoms with Crippen molar-refractivity contribution in [3.8, 4) is 11.5 Å². The number of H-pyrrole nitrogens is 2. The number of furan rings is 2. The highest BCUT2D eigenvalue weighted by atomic mass is 16.5. The summed E-state index contributed by atoms with van der Waals surface area (Å²) in [5.41, 5.74) is 2.38. The standard InChI is InChI=1S/C24H22N4O8.C22H19N5O7/c1-4-35-21(31)17-18-14(11(2)25-19(17)29)8-16(36-18)24(22(32)26-23(33)27-24)10-28-9-12-5-6-13(34-3)7-15(12)20(28)30;1-9-12-6-14(34-16(12)15(17(23)28)18(29)24-9)22(20(31)25-21(32)26-22)8-27-7-10-3-4-11(33-2)5-13(10)19(27)30/h5-8H,4,9-10H2,1-3H3,(H,25,29)(H2,26,27,32,33);3-6H,7-8H2,1-2H3,(H2,23,28)(H,24,29)(H2,25,26,31,32)/t24-;22-/m00/s1. The fraction of sp³-hybridized carbons (Fsp3) is 0.261. The number of rotatable bonds is 11. The van der Waals surface area contributed by atoms with Gasteiger partial charge in [-0.3, -0.25) is 44.2 Å². The molecule has 70 heavy (non-hydrogen) atoms. The lowest BCUT2D eigenvalue weighted by atomic mass is 9.95. The minimum Gasteiger partial charge on any atom is -0.497 e. The van der Waals surface area contributed by atoms with E-state index in [-0.39, 0.29) is 72.9 Å². The molecule has 2 atom stereocenters. The zero-order valence-electron chi connectivity index (χ0n) is 37.7. The Labute approximate surface area is 392 Å². The third kappa shape index (κ3) is 7.32. The minimum absolute atomic E-state index is 0.0338. The number of aromatic amines is 2. The quantitative estimate of drug-likeness (QED) is 0.0715. The number of pyridine rings is 2. The van der Waals surface area contributed by atoms with Crippen molar-refractivity contribution in [2.45, 2.75) is 44.9 Å². The number of ether oxygens (including phenoxy) is 3. The second-order valence-electron chi connectivity index (χ2n) is 16.7. The van der Waals surface area contributed by atoms with Gasteiger partial charge < -0.3 is 59.2 Å². The number of aryl methyl sites for hydroxylation is 2. The van der Waals surface area contributed by atoms with Gasteiger partial charge in [0.15, 0.2) is 27.8 Å². The molecule has 9 amide bonds. The zero-order chi connectivity index (χ0) is 50.1. The number of imide groups is 2. The maximum absolute atomic E-state index is 13.2. The molecule has 2 fully saturated rings. The minimum atomic E-state index is -1.81. The number of esters is 1. The molecule has 24 nitrogen and oxygen atoms in total. The molecule has 4 aromatic heterocycles. The number of aromatic nitrogens is 2. The maximum atomic E-state index is 13.2. The second kappa shape index (κ2) is 16.8. The molecule has 2 aromatic carbocycles. The molecule has 6 aromatic rings. The van der Waals surface area contributed by atoms with Gasteiger partial charge in [0.2, 0.25) is 0 Å². The van der Waals surface area contributed by atoms with Gasteiger partial charge in [-0.05, 0) is 68.3 Å². The average Bonchev–Trinajstić information content (AvgIpc) is 4.17. The van der Waals surface area contributed by atoms with Crippen LogP contribution in [0, 0.1) is 13.8 Å². The monoisotopic (exact) mass is 959 g/mol. The van der Waals surface area contributed by atoms with E-state index in [0.717, 1.165) is 11.1 Å². The van der Waals surface area contributed by atoms with Crippen LogP contribution in [0.25, 0.3) is 21.9 Å². The highest BCUT2D eigenvalue weighted by Crippen LogP contribution is 2.38. The first kappa shape index (κ1) is 45.9. The summed E-state index contributed by atoms with van der Waals surface area (Å²) in [6.07, 6.45) is 0. The lowest BCUT2D eigenvalue weighted by Crippen LogP contribution is -2.52. The van der Waals surface area contributed by atoms with Crippen LogP contribution >= 0.6 is 0 Å². The van der Waals surface area contributed by atoms with Crippen LogP contribution in [0.4, 0.5) is 9.59 Å². The van der Waals surface area contributed by atoms with Gasteiger partial charge in [-0.15, -0.1) is 0 Å². The molecule has 24 heteroatoms. The van der Waals surface area contributed by atoms with Gasteiger partial charge in [-0.2, -0.15) is 0 Å². The largest absolute Gasteiger partial charge is 0.497 e. The molecule has 8 N–H and O–H groups in total. The van der Waals surface area contributed by atoms with E-state index in [9.17, 15) is 47.9 Å². The van der Waals surface area contributed by atoms with Crippen LogP contribution in [0.5, 0.6) is 11.5 Å². The van der Waals surface area contributed by atoms with Crippen LogP contribution in [0.1, 0.15) is 82.4 Å². The number of nitrogens with one attached hydrogen (secondary N) is 6. The highest BCUT2D eigenvalue weighted by Gasteiger charge is 2.55. The van der Waals surface area contributed by atoms with Crippen LogP contribution in [0.2, 0.25) is 0 Å². The number of nitrogens with two attached hydrogens (primary N) is 1. The molecule has 0 spiro atoms. The molecule has 4 aliphatic rings. The topological polar surface area (TPSA) is 337 Å². The number of hydrogen-bond acceptors (Lipinski definition) is 15. The molecule has 360 valence electrons. The molecular formula is C46H41N9O15. The number of carbonyl (C=O) groups excluding carboxylic acids is 8. The Morgan fingerprint density at radius 2 is 1.09 bits per heavy atom. The summed E-state index contributed by atoms with van der Waals surface area (Å²) >= 11 is 0. The van der Waals surface area contributed by atoms with E-state index in [1.54, 1.807) is 57.2 Å². The SMILES string of the molecule is CCOC(=O)c1c(=O)[nH]c(C)c2cc([C@]3(CN4Cc5ccc(OC)cc5C4=O)NC(=O)NC3=O)oc12.COc1ccc2c(c1)C(=O)N(C[C@@]1(c3cc4c(C)[nH]c(=O)c(C(N)=O)c4o3)NC(=O)NC1=O)C2. The molecule has 0 saturated carbocycles. The fourth-order valence-corrected chi connectivity index (χ4v) is 9.02. The van der Waals surface area contributed by atoms with E-state index < -0.39 is 63.5 Å². The Hall–Kier alpha value is -9.22. The number of methoxy groups -OCH3 is 2. The molecule has 0 aliphatic carbocycles. The van der Waals surface area contributed by atoms with E-state index in [1.165, 1.54) is 36.2 Å².